The Hall–Kier alpha value is -1.85. The second-order valence-corrected chi connectivity index (χ2v) is 7.87. The van der Waals surface area contributed by atoms with Crippen LogP contribution in [0.4, 0.5) is 0 Å². The van der Waals surface area contributed by atoms with Gasteiger partial charge in [-0.15, -0.1) is 0 Å². The van der Waals surface area contributed by atoms with Gasteiger partial charge < -0.3 is 14.3 Å². The third kappa shape index (κ3) is 3.94. The van der Waals surface area contributed by atoms with Gasteiger partial charge in [0.05, 0.1) is 0 Å². The predicted octanol–water partition coefficient (Wildman–Crippen LogP) is 3.05. The Morgan fingerprint density at radius 3 is 2.65 bits per heavy atom. The second kappa shape index (κ2) is 8.23. The van der Waals surface area contributed by atoms with E-state index in [0.29, 0.717) is 11.6 Å². The SMILES string of the molecule is CCCCN(C(=O)c1noc2c1C[C@@H](C)CC2)C1CCN(C(C)=O)CC1. The second-order valence-electron chi connectivity index (χ2n) is 7.87. The molecule has 144 valence electrons. The smallest absolute Gasteiger partial charge is 0.276 e. The van der Waals surface area contributed by atoms with Crippen molar-refractivity contribution in [2.75, 3.05) is 19.6 Å². The Morgan fingerprint density at radius 1 is 1.27 bits per heavy atom. The lowest BCUT2D eigenvalue weighted by molar-refractivity contribution is -0.130. The first-order valence-electron chi connectivity index (χ1n) is 10.0. The predicted molar refractivity (Wildman–Crippen MR) is 98.9 cm³/mol. The third-order valence-electron chi connectivity index (χ3n) is 5.85. The number of carbonyl (C=O) groups is 2. The summed E-state index contributed by atoms with van der Waals surface area (Å²) in [7, 11) is 0. The summed E-state index contributed by atoms with van der Waals surface area (Å²) in [5.74, 6) is 1.60. The van der Waals surface area contributed by atoms with Gasteiger partial charge in [0.15, 0.2) is 5.69 Å². The first-order valence-corrected chi connectivity index (χ1v) is 10.0. The summed E-state index contributed by atoms with van der Waals surface area (Å²) in [4.78, 5) is 28.8. The highest BCUT2D eigenvalue weighted by Crippen LogP contribution is 2.29. The van der Waals surface area contributed by atoms with Gasteiger partial charge in [-0.2, -0.15) is 0 Å². The Bertz CT molecular complexity index is 647. The molecule has 1 aliphatic heterocycles. The highest BCUT2D eigenvalue weighted by Gasteiger charge is 2.34. The van der Waals surface area contributed by atoms with Gasteiger partial charge in [-0.1, -0.05) is 25.4 Å². The van der Waals surface area contributed by atoms with Crippen LogP contribution in [0, 0.1) is 5.92 Å². The minimum Gasteiger partial charge on any atom is -0.360 e. The minimum absolute atomic E-state index is 0.0128. The Balaban J connectivity index is 1.77. The number of carbonyl (C=O) groups excluding carboxylic acids is 2. The van der Waals surface area contributed by atoms with E-state index in [2.05, 4.69) is 19.0 Å². The van der Waals surface area contributed by atoms with Crippen molar-refractivity contribution in [3.8, 4) is 0 Å². The van der Waals surface area contributed by atoms with Crippen molar-refractivity contribution < 1.29 is 14.1 Å². The molecule has 0 spiro atoms. The lowest BCUT2D eigenvalue weighted by Gasteiger charge is -2.38. The molecule has 6 nitrogen and oxygen atoms in total. The maximum absolute atomic E-state index is 13.3. The van der Waals surface area contributed by atoms with Gasteiger partial charge in [-0.25, -0.2) is 0 Å². The summed E-state index contributed by atoms with van der Waals surface area (Å²) in [6, 6.07) is 0.179. The van der Waals surface area contributed by atoms with Crippen LogP contribution in [-0.4, -0.2) is 52.4 Å². The van der Waals surface area contributed by atoms with E-state index in [-0.39, 0.29) is 17.9 Å². The zero-order valence-corrected chi connectivity index (χ0v) is 16.3. The quantitative estimate of drug-likeness (QED) is 0.808. The summed E-state index contributed by atoms with van der Waals surface area (Å²) < 4.78 is 5.50. The number of rotatable bonds is 5. The number of aromatic nitrogens is 1. The molecule has 6 heteroatoms. The molecule has 0 unspecified atom stereocenters. The molecule has 0 N–H and O–H groups in total. The van der Waals surface area contributed by atoms with Gasteiger partial charge in [0, 0.05) is 44.6 Å². The number of piperidine rings is 1. The van der Waals surface area contributed by atoms with Crippen molar-refractivity contribution in [3.63, 3.8) is 0 Å². The summed E-state index contributed by atoms with van der Waals surface area (Å²) >= 11 is 0. The summed E-state index contributed by atoms with van der Waals surface area (Å²) in [5.41, 5.74) is 1.55. The molecule has 1 aliphatic carbocycles. The van der Waals surface area contributed by atoms with E-state index < -0.39 is 0 Å². The molecule has 3 rings (SSSR count). The molecular formula is C20H31N3O3. The Kier molecular flexibility index (Phi) is 5.99. The van der Waals surface area contributed by atoms with Crippen molar-refractivity contribution in [2.45, 2.75) is 71.8 Å². The maximum atomic E-state index is 13.3. The van der Waals surface area contributed by atoms with Gasteiger partial charge >= 0.3 is 0 Å². The van der Waals surface area contributed by atoms with Crippen LogP contribution in [0.1, 0.15) is 74.7 Å². The van der Waals surface area contributed by atoms with E-state index >= 15 is 0 Å². The molecule has 1 atom stereocenters. The lowest BCUT2D eigenvalue weighted by atomic mass is 9.88. The van der Waals surface area contributed by atoms with Gasteiger partial charge in [0.25, 0.3) is 5.91 Å². The highest BCUT2D eigenvalue weighted by atomic mass is 16.5. The molecule has 2 amide bonds. The fraction of sp³-hybridized carbons (Fsp3) is 0.750. The molecule has 26 heavy (non-hydrogen) atoms. The van der Waals surface area contributed by atoms with E-state index in [0.717, 1.165) is 75.9 Å². The highest BCUT2D eigenvalue weighted by molar-refractivity contribution is 5.94. The fourth-order valence-corrected chi connectivity index (χ4v) is 4.15. The maximum Gasteiger partial charge on any atom is 0.276 e. The van der Waals surface area contributed by atoms with Gasteiger partial charge in [-0.05, 0) is 38.0 Å². The standard InChI is InChI=1S/C20H31N3O3/c1-4-5-10-23(16-8-11-22(12-9-16)15(3)24)20(25)19-17-13-14(2)6-7-18(17)26-21-19/h14,16H,4-13H2,1-3H3/t14-/m0/s1. The number of likely N-dealkylation sites (tertiary alicyclic amines) is 1. The van der Waals surface area contributed by atoms with Gasteiger partial charge in [0.1, 0.15) is 5.76 Å². The zero-order chi connectivity index (χ0) is 18.7. The minimum atomic E-state index is 0.0128. The monoisotopic (exact) mass is 361 g/mol. The molecule has 0 aromatic carbocycles. The van der Waals surface area contributed by atoms with Crippen LogP contribution in [-0.2, 0) is 17.6 Å². The molecule has 2 heterocycles. The van der Waals surface area contributed by atoms with Crippen molar-refractivity contribution >= 4 is 11.8 Å². The molecule has 0 bridgehead atoms. The van der Waals surface area contributed by atoms with Crippen LogP contribution in [0.15, 0.2) is 4.52 Å². The Labute approximate surface area is 155 Å². The average molecular weight is 361 g/mol. The van der Waals surface area contributed by atoms with E-state index in [1.165, 1.54) is 0 Å². The van der Waals surface area contributed by atoms with Crippen molar-refractivity contribution in [2.24, 2.45) is 5.92 Å². The number of aryl methyl sites for hydroxylation is 1. The molecule has 1 aromatic rings. The summed E-state index contributed by atoms with van der Waals surface area (Å²) in [6.45, 7) is 8.17. The molecule has 0 saturated carbocycles. The largest absolute Gasteiger partial charge is 0.360 e. The molecule has 1 saturated heterocycles. The van der Waals surface area contributed by atoms with Gasteiger partial charge in [0.2, 0.25) is 5.91 Å². The van der Waals surface area contributed by atoms with Crippen LogP contribution >= 0.6 is 0 Å². The van der Waals surface area contributed by atoms with Crippen molar-refractivity contribution in [3.05, 3.63) is 17.0 Å². The fourth-order valence-electron chi connectivity index (χ4n) is 4.15. The first-order chi connectivity index (χ1) is 12.5. The molecular weight excluding hydrogens is 330 g/mol. The van der Waals surface area contributed by atoms with Crippen LogP contribution in [0.2, 0.25) is 0 Å². The van der Waals surface area contributed by atoms with Crippen molar-refractivity contribution in [1.82, 2.24) is 15.0 Å². The number of amides is 2. The van der Waals surface area contributed by atoms with Crippen LogP contribution in [0.3, 0.4) is 0 Å². The molecule has 0 radical (unpaired) electrons. The third-order valence-corrected chi connectivity index (χ3v) is 5.85. The van der Waals surface area contributed by atoms with Gasteiger partial charge in [-0.3, -0.25) is 9.59 Å². The number of fused-ring (bicyclic) bond motifs is 1. The van der Waals surface area contributed by atoms with Crippen LogP contribution in [0.5, 0.6) is 0 Å². The normalized spacial score (nSPS) is 20.7. The zero-order valence-electron chi connectivity index (χ0n) is 16.3. The van der Waals surface area contributed by atoms with E-state index in [1.54, 1.807) is 6.92 Å². The number of unbranched alkanes of at least 4 members (excludes halogenated alkanes) is 1. The first kappa shape index (κ1) is 18.9. The van der Waals surface area contributed by atoms with E-state index in [1.807, 2.05) is 9.80 Å². The number of hydrogen-bond donors (Lipinski definition) is 0. The number of nitrogens with zero attached hydrogens (tertiary/aromatic N) is 3. The Morgan fingerprint density at radius 2 is 2.00 bits per heavy atom. The molecule has 1 fully saturated rings. The lowest BCUT2D eigenvalue weighted by Crippen LogP contribution is -2.49. The molecule has 2 aliphatic rings. The number of hydrogen-bond acceptors (Lipinski definition) is 4. The summed E-state index contributed by atoms with van der Waals surface area (Å²) in [6.07, 6.45) is 6.56. The van der Waals surface area contributed by atoms with E-state index in [9.17, 15) is 9.59 Å². The average Bonchev–Trinajstić information content (AvgIpc) is 3.05. The van der Waals surface area contributed by atoms with Crippen molar-refractivity contribution in [1.29, 1.82) is 0 Å². The summed E-state index contributed by atoms with van der Waals surface area (Å²) in [5, 5.41) is 4.17. The topological polar surface area (TPSA) is 66.7 Å². The molecule has 1 aromatic heterocycles. The van der Waals surface area contributed by atoms with Crippen LogP contribution in [0.25, 0.3) is 0 Å². The van der Waals surface area contributed by atoms with E-state index in [4.69, 9.17) is 4.52 Å². The van der Waals surface area contributed by atoms with Crippen LogP contribution < -0.4 is 0 Å².